The van der Waals surface area contributed by atoms with Gasteiger partial charge in [0.25, 0.3) is 0 Å². The molecule has 0 aliphatic rings. The minimum atomic E-state index is -3.67. The molecule has 0 fully saturated rings. The summed E-state index contributed by atoms with van der Waals surface area (Å²) in [6.45, 7) is 1.57. The number of rotatable bonds is 5. The fourth-order valence-corrected chi connectivity index (χ4v) is 5.68. The first kappa shape index (κ1) is 16.9. The third-order valence-electron chi connectivity index (χ3n) is 2.85. The van der Waals surface area contributed by atoms with Crippen molar-refractivity contribution >= 4 is 48.9 Å². The van der Waals surface area contributed by atoms with Crippen LogP contribution in [0.15, 0.2) is 39.0 Å². The van der Waals surface area contributed by atoms with Gasteiger partial charge in [-0.25, -0.2) is 13.1 Å². The van der Waals surface area contributed by atoms with Crippen LogP contribution < -0.4 is 4.72 Å². The SMILES string of the molecule is CC(NS(=O)(=O)c1cc(CO)sc1Br)c1ccc(Cl)cc1. The molecule has 1 heterocycles. The van der Waals surface area contributed by atoms with E-state index >= 15 is 0 Å². The smallest absolute Gasteiger partial charge is 0.243 e. The summed E-state index contributed by atoms with van der Waals surface area (Å²) in [6.07, 6.45) is 0. The molecule has 8 heteroatoms. The van der Waals surface area contributed by atoms with Gasteiger partial charge in [0.1, 0.15) is 4.90 Å². The Hall–Kier alpha value is -0.440. The topological polar surface area (TPSA) is 66.4 Å². The minimum Gasteiger partial charge on any atom is -0.391 e. The number of aliphatic hydroxyl groups is 1. The maximum absolute atomic E-state index is 12.4. The lowest BCUT2D eigenvalue weighted by molar-refractivity contribution is 0.285. The molecule has 0 aliphatic carbocycles. The fraction of sp³-hybridized carbons (Fsp3) is 0.231. The van der Waals surface area contributed by atoms with Crippen LogP contribution in [0.1, 0.15) is 23.4 Å². The molecule has 2 rings (SSSR count). The van der Waals surface area contributed by atoms with Crippen molar-refractivity contribution in [2.75, 3.05) is 0 Å². The van der Waals surface area contributed by atoms with Crippen LogP contribution in [0.5, 0.6) is 0 Å². The highest BCUT2D eigenvalue weighted by atomic mass is 79.9. The number of benzene rings is 1. The van der Waals surface area contributed by atoms with Gasteiger partial charge < -0.3 is 5.11 Å². The van der Waals surface area contributed by atoms with Crippen LogP contribution >= 0.6 is 38.9 Å². The average molecular weight is 411 g/mol. The number of nitrogens with one attached hydrogen (secondary N) is 1. The van der Waals surface area contributed by atoms with Gasteiger partial charge in [-0.05, 0) is 46.6 Å². The number of aliphatic hydroxyl groups excluding tert-OH is 1. The van der Waals surface area contributed by atoms with Crippen molar-refractivity contribution in [3.05, 3.63) is 49.6 Å². The molecule has 0 spiro atoms. The molecule has 2 aromatic rings. The standard InChI is InChI=1S/C13H13BrClNO3S2/c1-8(9-2-4-10(15)5-3-9)16-21(18,19)12-6-11(7-17)20-13(12)14/h2-6,8,16-17H,7H2,1H3. The van der Waals surface area contributed by atoms with E-state index in [0.29, 0.717) is 13.7 Å². The molecule has 1 atom stereocenters. The molecule has 1 aromatic heterocycles. The van der Waals surface area contributed by atoms with Gasteiger partial charge in [0.2, 0.25) is 10.0 Å². The predicted octanol–water partition coefficient (Wildman–Crippen LogP) is 3.70. The molecule has 0 bridgehead atoms. The lowest BCUT2D eigenvalue weighted by Crippen LogP contribution is -2.26. The summed E-state index contributed by atoms with van der Waals surface area (Å²) in [7, 11) is -3.67. The van der Waals surface area contributed by atoms with Crippen LogP contribution in [0, 0.1) is 0 Å². The third-order valence-corrected chi connectivity index (χ3v) is 6.88. The van der Waals surface area contributed by atoms with Gasteiger partial charge in [0, 0.05) is 15.9 Å². The molecule has 114 valence electrons. The Morgan fingerprint density at radius 3 is 2.52 bits per heavy atom. The third kappa shape index (κ3) is 4.06. The van der Waals surface area contributed by atoms with E-state index in [0.717, 1.165) is 5.56 Å². The molecule has 0 saturated carbocycles. The van der Waals surface area contributed by atoms with Crippen molar-refractivity contribution in [3.63, 3.8) is 0 Å². The van der Waals surface area contributed by atoms with Crippen LogP contribution in [0.3, 0.4) is 0 Å². The molecular formula is C13H13BrClNO3S2. The van der Waals surface area contributed by atoms with E-state index in [9.17, 15) is 8.42 Å². The normalized spacial score (nSPS) is 13.3. The Morgan fingerprint density at radius 1 is 1.38 bits per heavy atom. The van der Waals surface area contributed by atoms with E-state index in [1.54, 1.807) is 31.2 Å². The van der Waals surface area contributed by atoms with Crippen molar-refractivity contribution in [2.24, 2.45) is 0 Å². The molecule has 1 aromatic carbocycles. The van der Waals surface area contributed by atoms with Crippen LogP contribution in [0.25, 0.3) is 0 Å². The van der Waals surface area contributed by atoms with Gasteiger partial charge in [0.05, 0.1) is 10.4 Å². The second-order valence-corrected chi connectivity index (χ2v) is 8.98. The van der Waals surface area contributed by atoms with E-state index in [1.165, 1.54) is 17.4 Å². The van der Waals surface area contributed by atoms with E-state index in [2.05, 4.69) is 20.7 Å². The maximum atomic E-state index is 12.4. The first-order valence-corrected chi connectivity index (χ1v) is 9.47. The van der Waals surface area contributed by atoms with E-state index in [4.69, 9.17) is 16.7 Å². The Labute approximate surface area is 140 Å². The van der Waals surface area contributed by atoms with Gasteiger partial charge in [-0.2, -0.15) is 0 Å². The average Bonchev–Trinajstić information content (AvgIpc) is 2.81. The zero-order valence-electron chi connectivity index (χ0n) is 11.0. The second-order valence-electron chi connectivity index (χ2n) is 4.40. The molecule has 2 N–H and O–H groups in total. The van der Waals surface area contributed by atoms with Crippen LogP contribution in [-0.2, 0) is 16.6 Å². The van der Waals surface area contributed by atoms with Gasteiger partial charge in [-0.1, -0.05) is 23.7 Å². The molecule has 0 saturated heterocycles. The monoisotopic (exact) mass is 409 g/mol. The summed E-state index contributed by atoms with van der Waals surface area (Å²) in [5.74, 6) is 0. The summed E-state index contributed by atoms with van der Waals surface area (Å²) in [5.41, 5.74) is 0.816. The van der Waals surface area contributed by atoms with Crippen molar-refractivity contribution in [3.8, 4) is 0 Å². The second kappa shape index (κ2) is 6.76. The zero-order chi connectivity index (χ0) is 15.6. The summed E-state index contributed by atoms with van der Waals surface area (Å²) in [5, 5.41) is 9.69. The van der Waals surface area contributed by atoms with E-state index < -0.39 is 16.1 Å². The maximum Gasteiger partial charge on any atom is 0.243 e. The van der Waals surface area contributed by atoms with Gasteiger partial charge in [0.15, 0.2) is 0 Å². The van der Waals surface area contributed by atoms with Gasteiger partial charge in [-0.15, -0.1) is 11.3 Å². The summed E-state index contributed by atoms with van der Waals surface area (Å²) < 4.78 is 27.9. The molecule has 1 unspecified atom stereocenters. The number of thiophene rings is 1. The van der Waals surface area contributed by atoms with Crippen LogP contribution in [0.4, 0.5) is 0 Å². The highest BCUT2D eigenvalue weighted by Gasteiger charge is 2.23. The number of hydrogen-bond acceptors (Lipinski definition) is 4. The number of halogens is 2. The molecule has 4 nitrogen and oxygen atoms in total. The van der Waals surface area contributed by atoms with Crippen molar-refractivity contribution < 1.29 is 13.5 Å². The van der Waals surface area contributed by atoms with E-state index in [-0.39, 0.29) is 11.5 Å². The van der Waals surface area contributed by atoms with Gasteiger partial charge in [-0.3, -0.25) is 0 Å². The molecule has 0 amide bonds. The van der Waals surface area contributed by atoms with Crippen LogP contribution in [-0.4, -0.2) is 13.5 Å². The lowest BCUT2D eigenvalue weighted by atomic mass is 10.1. The first-order chi connectivity index (χ1) is 9.83. The van der Waals surface area contributed by atoms with Crippen LogP contribution in [0.2, 0.25) is 5.02 Å². The Bertz CT molecular complexity index is 728. The fourth-order valence-electron chi connectivity index (χ4n) is 1.77. The summed E-state index contributed by atoms with van der Waals surface area (Å²) in [6, 6.07) is 8.05. The Kier molecular flexibility index (Phi) is 5.45. The lowest BCUT2D eigenvalue weighted by Gasteiger charge is -2.14. The predicted molar refractivity (Wildman–Crippen MR) is 88.1 cm³/mol. The van der Waals surface area contributed by atoms with Crippen molar-refractivity contribution in [1.29, 1.82) is 0 Å². The Morgan fingerprint density at radius 2 is 2.00 bits per heavy atom. The highest BCUT2D eigenvalue weighted by Crippen LogP contribution is 2.32. The quantitative estimate of drug-likeness (QED) is 0.790. The zero-order valence-corrected chi connectivity index (χ0v) is 15.0. The summed E-state index contributed by atoms with van der Waals surface area (Å²) in [4.78, 5) is 0.721. The minimum absolute atomic E-state index is 0.136. The number of hydrogen-bond donors (Lipinski definition) is 2. The van der Waals surface area contributed by atoms with Gasteiger partial charge >= 0.3 is 0 Å². The molecule has 0 radical (unpaired) electrons. The van der Waals surface area contributed by atoms with Crippen molar-refractivity contribution in [2.45, 2.75) is 24.5 Å². The Balaban J connectivity index is 2.24. The highest BCUT2D eigenvalue weighted by molar-refractivity contribution is 9.11. The van der Waals surface area contributed by atoms with E-state index in [1.807, 2.05) is 0 Å². The van der Waals surface area contributed by atoms with Crippen molar-refractivity contribution in [1.82, 2.24) is 4.72 Å². The number of sulfonamides is 1. The summed E-state index contributed by atoms with van der Waals surface area (Å²) >= 11 is 10.2. The molecule has 0 aliphatic heterocycles. The molecular weight excluding hydrogens is 398 g/mol. The first-order valence-electron chi connectivity index (χ1n) is 6.00. The molecule has 21 heavy (non-hydrogen) atoms. The largest absolute Gasteiger partial charge is 0.391 e.